The molecule has 1 saturated carbocycles. The fourth-order valence-electron chi connectivity index (χ4n) is 2.26. The molecule has 0 unspecified atom stereocenters. The average molecular weight is 219 g/mol. The molecule has 1 aliphatic carbocycles. The molecule has 1 amide bonds. The summed E-state index contributed by atoms with van der Waals surface area (Å²) in [5.74, 6) is 5.74. The molecule has 0 bridgehead atoms. The summed E-state index contributed by atoms with van der Waals surface area (Å²) >= 11 is 0. The van der Waals surface area contributed by atoms with Crippen LogP contribution in [0.5, 0.6) is 0 Å². The van der Waals surface area contributed by atoms with E-state index in [0.29, 0.717) is 6.04 Å². The molecule has 0 aromatic carbocycles. The Morgan fingerprint density at radius 2 is 1.94 bits per heavy atom. The second-order valence-electron chi connectivity index (χ2n) is 4.43. The fourth-order valence-corrected chi connectivity index (χ4v) is 2.26. The van der Waals surface area contributed by atoms with Crippen molar-refractivity contribution >= 4 is 5.91 Å². The lowest BCUT2D eigenvalue weighted by Gasteiger charge is -2.29. The smallest absolute Gasteiger partial charge is 0.296 e. The van der Waals surface area contributed by atoms with Crippen molar-refractivity contribution in [2.45, 2.75) is 52.5 Å². The van der Waals surface area contributed by atoms with Crippen LogP contribution in [0.25, 0.3) is 0 Å². The lowest BCUT2D eigenvalue weighted by molar-refractivity contribution is -0.116. The van der Waals surface area contributed by atoms with Crippen LogP contribution in [0, 0.1) is 17.8 Å². The summed E-state index contributed by atoms with van der Waals surface area (Å²) in [6.07, 6.45) is 6.72. The molecule has 0 saturated heterocycles. The summed E-state index contributed by atoms with van der Waals surface area (Å²) in [6, 6.07) is 0.328. The van der Waals surface area contributed by atoms with Crippen molar-refractivity contribution in [2.24, 2.45) is 5.92 Å². The molecule has 16 heavy (non-hydrogen) atoms. The minimum Gasteiger partial charge on any atom is -0.343 e. The zero-order valence-electron chi connectivity index (χ0n) is 10.5. The Morgan fingerprint density at radius 3 is 2.44 bits per heavy atom. The molecular weight excluding hydrogens is 198 g/mol. The monoisotopic (exact) mass is 219 g/mol. The first-order chi connectivity index (χ1) is 7.67. The highest BCUT2D eigenvalue weighted by Gasteiger charge is 2.22. The molecule has 0 aliphatic heterocycles. The molecule has 0 aromatic heterocycles. The van der Waals surface area contributed by atoms with Gasteiger partial charge in [0.2, 0.25) is 0 Å². The van der Waals surface area contributed by atoms with Crippen molar-refractivity contribution in [2.75, 3.05) is 0 Å². The average Bonchev–Trinajstić information content (AvgIpc) is 2.29. The van der Waals surface area contributed by atoms with Gasteiger partial charge in [-0.05, 0) is 58.3 Å². The minimum absolute atomic E-state index is 0.131. The molecule has 2 nitrogen and oxygen atoms in total. The van der Waals surface area contributed by atoms with Crippen LogP contribution in [0.3, 0.4) is 0 Å². The van der Waals surface area contributed by atoms with E-state index in [1.54, 1.807) is 6.92 Å². The Balaban J connectivity index is 2.37. The Hall–Kier alpha value is -1.23. The number of amides is 1. The number of nitrogens with one attached hydrogen (secondary N) is 1. The van der Waals surface area contributed by atoms with Gasteiger partial charge in [0.15, 0.2) is 0 Å². The predicted molar refractivity (Wildman–Crippen MR) is 66.8 cm³/mol. The lowest BCUT2D eigenvalue weighted by Crippen LogP contribution is -2.37. The van der Waals surface area contributed by atoms with Crippen LogP contribution in [0.4, 0.5) is 0 Å². The minimum atomic E-state index is -0.131. The van der Waals surface area contributed by atoms with Crippen LogP contribution in [0.1, 0.15) is 46.5 Å². The SMILES string of the molecule is CC#CC(=O)N[C@H]1CC[C@@H](/C(C)=C\C)CC1. The lowest BCUT2D eigenvalue weighted by atomic mass is 9.82. The molecule has 1 aliphatic rings. The van der Waals surface area contributed by atoms with E-state index in [0.717, 1.165) is 18.8 Å². The van der Waals surface area contributed by atoms with Crippen LogP contribution in [0.2, 0.25) is 0 Å². The van der Waals surface area contributed by atoms with Crippen molar-refractivity contribution in [1.29, 1.82) is 0 Å². The summed E-state index contributed by atoms with van der Waals surface area (Å²) in [4.78, 5) is 11.3. The number of allylic oxidation sites excluding steroid dienone is 2. The van der Waals surface area contributed by atoms with Crippen molar-refractivity contribution in [3.63, 3.8) is 0 Å². The van der Waals surface area contributed by atoms with E-state index in [4.69, 9.17) is 0 Å². The van der Waals surface area contributed by atoms with Gasteiger partial charge >= 0.3 is 0 Å². The van der Waals surface area contributed by atoms with Crippen molar-refractivity contribution in [3.05, 3.63) is 11.6 Å². The summed E-state index contributed by atoms with van der Waals surface area (Å²) < 4.78 is 0. The van der Waals surface area contributed by atoms with Crippen LogP contribution >= 0.6 is 0 Å². The molecule has 0 spiro atoms. The molecule has 2 heteroatoms. The molecular formula is C14H21NO. The van der Waals surface area contributed by atoms with Crippen molar-refractivity contribution in [1.82, 2.24) is 5.32 Å². The molecule has 88 valence electrons. The van der Waals surface area contributed by atoms with Crippen LogP contribution in [-0.4, -0.2) is 11.9 Å². The van der Waals surface area contributed by atoms with E-state index in [9.17, 15) is 4.79 Å². The first kappa shape index (κ1) is 12.8. The zero-order chi connectivity index (χ0) is 12.0. The Morgan fingerprint density at radius 1 is 1.31 bits per heavy atom. The third-order valence-corrected chi connectivity index (χ3v) is 3.40. The van der Waals surface area contributed by atoms with Gasteiger partial charge in [-0.2, -0.15) is 0 Å². The van der Waals surface area contributed by atoms with Gasteiger partial charge in [0.1, 0.15) is 0 Å². The van der Waals surface area contributed by atoms with Crippen molar-refractivity contribution < 1.29 is 4.79 Å². The standard InChI is InChI=1S/C14H21NO/c1-4-6-14(16)15-13-9-7-12(8-10-13)11(3)5-2/h5,12-13H,7-10H2,1-3H3,(H,15,16)/b11-5-/t12-,13+. The first-order valence-electron chi connectivity index (χ1n) is 6.03. The number of hydrogen-bond donors (Lipinski definition) is 1. The molecule has 0 radical (unpaired) electrons. The van der Waals surface area contributed by atoms with Gasteiger partial charge in [0, 0.05) is 6.04 Å². The Bertz CT molecular complexity index is 324. The van der Waals surface area contributed by atoms with Crippen LogP contribution in [0.15, 0.2) is 11.6 Å². The summed E-state index contributed by atoms with van der Waals surface area (Å²) in [6.45, 7) is 5.98. The second kappa shape index (κ2) is 6.37. The van der Waals surface area contributed by atoms with Gasteiger partial charge in [-0.1, -0.05) is 17.6 Å². The highest BCUT2D eigenvalue weighted by Crippen LogP contribution is 2.29. The maximum Gasteiger partial charge on any atom is 0.296 e. The normalized spacial score (nSPS) is 25.6. The highest BCUT2D eigenvalue weighted by atomic mass is 16.1. The number of hydrogen-bond acceptors (Lipinski definition) is 1. The topological polar surface area (TPSA) is 29.1 Å². The van der Waals surface area contributed by atoms with Gasteiger partial charge in [-0.3, -0.25) is 4.79 Å². The van der Waals surface area contributed by atoms with Gasteiger partial charge in [0.25, 0.3) is 5.91 Å². The molecule has 1 fully saturated rings. The van der Waals surface area contributed by atoms with E-state index in [2.05, 4.69) is 37.1 Å². The second-order valence-corrected chi connectivity index (χ2v) is 4.43. The van der Waals surface area contributed by atoms with Gasteiger partial charge in [-0.25, -0.2) is 0 Å². The van der Waals surface area contributed by atoms with Gasteiger partial charge in [-0.15, -0.1) is 0 Å². The third-order valence-electron chi connectivity index (χ3n) is 3.40. The summed E-state index contributed by atoms with van der Waals surface area (Å²) in [5, 5.41) is 2.97. The first-order valence-corrected chi connectivity index (χ1v) is 6.03. The van der Waals surface area contributed by atoms with Crippen molar-refractivity contribution in [3.8, 4) is 11.8 Å². The van der Waals surface area contributed by atoms with E-state index in [1.807, 2.05) is 0 Å². The molecule has 0 atom stereocenters. The van der Waals surface area contributed by atoms with Gasteiger partial charge < -0.3 is 5.32 Å². The number of carbonyl (C=O) groups is 1. The number of carbonyl (C=O) groups excluding carboxylic acids is 1. The van der Waals surface area contributed by atoms with E-state index >= 15 is 0 Å². The maximum atomic E-state index is 11.3. The predicted octanol–water partition coefficient (Wildman–Crippen LogP) is 2.65. The fraction of sp³-hybridized carbons (Fsp3) is 0.643. The van der Waals surface area contributed by atoms with E-state index < -0.39 is 0 Å². The Labute approximate surface area is 98.5 Å². The van der Waals surface area contributed by atoms with Gasteiger partial charge in [0.05, 0.1) is 0 Å². The zero-order valence-corrected chi connectivity index (χ0v) is 10.5. The largest absolute Gasteiger partial charge is 0.343 e. The van der Waals surface area contributed by atoms with E-state index in [1.165, 1.54) is 18.4 Å². The molecule has 1 N–H and O–H groups in total. The molecule has 1 rings (SSSR count). The maximum absolute atomic E-state index is 11.3. The summed E-state index contributed by atoms with van der Waals surface area (Å²) in [7, 11) is 0. The quantitative estimate of drug-likeness (QED) is 0.561. The van der Waals surface area contributed by atoms with Crippen LogP contribution < -0.4 is 5.32 Å². The molecule has 0 aromatic rings. The highest BCUT2D eigenvalue weighted by molar-refractivity contribution is 5.93. The number of rotatable bonds is 2. The summed E-state index contributed by atoms with van der Waals surface area (Å²) in [5.41, 5.74) is 1.48. The van der Waals surface area contributed by atoms with E-state index in [-0.39, 0.29) is 5.91 Å². The van der Waals surface area contributed by atoms with Crippen LogP contribution in [-0.2, 0) is 4.79 Å². The Kier molecular flexibility index (Phi) is 5.11. The third kappa shape index (κ3) is 3.73. The molecule has 0 heterocycles.